The van der Waals surface area contributed by atoms with E-state index in [2.05, 4.69) is 17.5 Å². The van der Waals surface area contributed by atoms with Crippen molar-refractivity contribution in [3.63, 3.8) is 0 Å². The minimum atomic E-state index is -0.488. The monoisotopic (exact) mass is 367 g/mol. The molecular weight excluding hydrogens is 344 g/mol. The first-order valence-corrected chi connectivity index (χ1v) is 9.89. The Labute approximate surface area is 158 Å². The van der Waals surface area contributed by atoms with E-state index in [4.69, 9.17) is 4.74 Å². The Hall–Kier alpha value is -2.20. The van der Waals surface area contributed by atoms with Gasteiger partial charge in [-0.1, -0.05) is 29.8 Å². The summed E-state index contributed by atoms with van der Waals surface area (Å²) in [5.41, 5.74) is 4.78. The lowest BCUT2D eigenvalue weighted by Gasteiger charge is -2.29. The molecule has 2 aliphatic heterocycles. The van der Waals surface area contributed by atoms with Crippen LogP contribution in [0.1, 0.15) is 42.9 Å². The summed E-state index contributed by atoms with van der Waals surface area (Å²) in [5.74, 6) is -0.665. The van der Waals surface area contributed by atoms with Gasteiger partial charge in [-0.05, 0) is 68.5 Å². The molecule has 2 nitrogen and oxygen atoms in total. The van der Waals surface area contributed by atoms with Gasteiger partial charge in [0.15, 0.2) is 11.6 Å². The number of rotatable bonds is 1. The van der Waals surface area contributed by atoms with Crippen LogP contribution in [0, 0.1) is 17.6 Å². The summed E-state index contributed by atoms with van der Waals surface area (Å²) < 4.78 is 35.1. The van der Waals surface area contributed by atoms with E-state index < -0.39 is 11.6 Å². The zero-order valence-corrected chi connectivity index (χ0v) is 15.2. The molecule has 2 aromatic carbocycles. The standard InChI is InChI=1S/C23H23F2NO/c24-18-8-9-19(25)23-21(18)17-7-1-6-15-13-16(22(27-23)20(15)17)12-14-4-2-10-26-11-3-5-14/h1,6-9,12,16,22,26H,2-5,10-11,13H2. The molecule has 1 saturated heterocycles. The molecule has 2 heterocycles. The second-order valence-electron chi connectivity index (χ2n) is 7.80. The maximum atomic E-state index is 14.5. The van der Waals surface area contributed by atoms with E-state index in [9.17, 15) is 8.78 Å². The van der Waals surface area contributed by atoms with Crippen LogP contribution in [0.3, 0.4) is 0 Å². The van der Waals surface area contributed by atoms with Crippen LogP contribution < -0.4 is 10.1 Å². The summed E-state index contributed by atoms with van der Waals surface area (Å²) in [6.45, 7) is 2.12. The Morgan fingerprint density at radius 3 is 2.59 bits per heavy atom. The quantitative estimate of drug-likeness (QED) is 0.688. The number of hydrogen-bond donors (Lipinski definition) is 1. The molecule has 4 heteroatoms. The highest BCUT2D eigenvalue weighted by atomic mass is 19.1. The Morgan fingerprint density at radius 1 is 1.00 bits per heavy atom. The number of halogens is 2. The van der Waals surface area contributed by atoms with Crippen LogP contribution in [-0.4, -0.2) is 13.1 Å². The van der Waals surface area contributed by atoms with Crippen molar-refractivity contribution in [3.05, 3.63) is 64.7 Å². The molecule has 5 rings (SSSR count). The zero-order chi connectivity index (χ0) is 18.4. The third-order valence-corrected chi connectivity index (χ3v) is 6.05. The maximum Gasteiger partial charge on any atom is 0.166 e. The molecule has 2 unspecified atom stereocenters. The van der Waals surface area contributed by atoms with Crippen molar-refractivity contribution in [1.29, 1.82) is 0 Å². The van der Waals surface area contributed by atoms with E-state index in [1.807, 2.05) is 12.1 Å². The number of fused-ring (bicyclic) bond motifs is 2. The van der Waals surface area contributed by atoms with Crippen LogP contribution in [0.15, 0.2) is 42.0 Å². The molecule has 0 spiro atoms. The van der Waals surface area contributed by atoms with Gasteiger partial charge in [0.25, 0.3) is 0 Å². The molecule has 0 aromatic heterocycles. The van der Waals surface area contributed by atoms with Gasteiger partial charge in [0.2, 0.25) is 0 Å². The van der Waals surface area contributed by atoms with E-state index in [0.717, 1.165) is 62.4 Å². The fourth-order valence-electron chi connectivity index (χ4n) is 4.84. The fourth-order valence-corrected chi connectivity index (χ4v) is 4.84. The summed E-state index contributed by atoms with van der Waals surface area (Å²) in [6, 6.07) is 8.29. The van der Waals surface area contributed by atoms with Crippen LogP contribution in [0.25, 0.3) is 11.1 Å². The molecule has 0 saturated carbocycles. The highest BCUT2D eigenvalue weighted by Gasteiger charge is 2.40. The molecule has 3 aliphatic rings. The van der Waals surface area contributed by atoms with Gasteiger partial charge >= 0.3 is 0 Å². The lowest BCUT2D eigenvalue weighted by atomic mass is 9.89. The van der Waals surface area contributed by atoms with Crippen LogP contribution >= 0.6 is 0 Å². The van der Waals surface area contributed by atoms with E-state index in [1.54, 1.807) is 0 Å². The average molecular weight is 367 g/mol. The first-order chi connectivity index (χ1) is 13.2. The minimum absolute atomic E-state index is 0.0665. The molecule has 1 N–H and O–H groups in total. The van der Waals surface area contributed by atoms with Crippen molar-refractivity contribution < 1.29 is 13.5 Å². The number of ether oxygens (including phenoxy) is 1. The number of benzene rings is 2. The van der Waals surface area contributed by atoms with Crippen molar-refractivity contribution in [2.75, 3.05) is 13.1 Å². The lowest BCUT2D eigenvalue weighted by Crippen LogP contribution is -2.21. The summed E-state index contributed by atoms with van der Waals surface area (Å²) in [4.78, 5) is 0. The zero-order valence-electron chi connectivity index (χ0n) is 15.2. The summed E-state index contributed by atoms with van der Waals surface area (Å²) >= 11 is 0. The van der Waals surface area contributed by atoms with Crippen LogP contribution in [0.4, 0.5) is 8.78 Å². The van der Waals surface area contributed by atoms with Crippen molar-refractivity contribution >= 4 is 0 Å². The van der Waals surface area contributed by atoms with Gasteiger partial charge in [0.1, 0.15) is 11.9 Å². The normalized spacial score (nSPS) is 23.7. The molecule has 0 amide bonds. The Balaban J connectivity index is 1.56. The van der Waals surface area contributed by atoms with E-state index >= 15 is 0 Å². The molecular formula is C23H23F2NO. The first kappa shape index (κ1) is 16.9. The smallest absolute Gasteiger partial charge is 0.166 e. The van der Waals surface area contributed by atoms with Gasteiger partial charge in [0.05, 0.1) is 5.56 Å². The Kier molecular flexibility index (Phi) is 4.24. The van der Waals surface area contributed by atoms with Crippen LogP contribution in [0.2, 0.25) is 0 Å². The largest absolute Gasteiger partial charge is 0.481 e. The predicted molar refractivity (Wildman–Crippen MR) is 102 cm³/mol. The average Bonchev–Trinajstić information content (AvgIpc) is 2.99. The van der Waals surface area contributed by atoms with E-state index in [-0.39, 0.29) is 23.3 Å². The first-order valence-electron chi connectivity index (χ1n) is 9.89. The fraction of sp³-hybridized carbons (Fsp3) is 0.391. The molecule has 1 aliphatic carbocycles. The Morgan fingerprint density at radius 2 is 1.78 bits per heavy atom. The van der Waals surface area contributed by atoms with Gasteiger partial charge in [-0.3, -0.25) is 0 Å². The number of allylic oxidation sites excluding steroid dienone is 1. The minimum Gasteiger partial charge on any atom is -0.481 e. The molecule has 0 radical (unpaired) electrons. The molecule has 2 atom stereocenters. The topological polar surface area (TPSA) is 21.3 Å². The van der Waals surface area contributed by atoms with Crippen LogP contribution in [0.5, 0.6) is 5.75 Å². The predicted octanol–water partition coefficient (Wildman–Crippen LogP) is 5.33. The summed E-state index contributed by atoms with van der Waals surface area (Å²) in [6.07, 6.45) is 7.49. The molecule has 27 heavy (non-hydrogen) atoms. The highest BCUT2D eigenvalue weighted by molar-refractivity contribution is 5.78. The third kappa shape index (κ3) is 2.87. The van der Waals surface area contributed by atoms with Crippen molar-refractivity contribution in [2.24, 2.45) is 5.92 Å². The maximum absolute atomic E-state index is 14.5. The SMILES string of the molecule is Fc1ccc(F)c2c1OC1c3c(cccc3-2)CC1C=C1CCCNCCC1. The summed E-state index contributed by atoms with van der Waals surface area (Å²) in [7, 11) is 0. The third-order valence-electron chi connectivity index (χ3n) is 6.05. The van der Waals surface area contributed by atoms with Crippen molar-refractivity contribution in [2.45, 2.75) is 38.2 Å². The van der Waals surface area contributed by atoms with E-state index in [0.29, 0.717) is 0 Å². The van der Waals surface area contributed by atoms with Crippen molar-refractivity contribution in [1.82, 2.24) is 5.32 Å². The van der Waals surface area contributed by atoms with Gasteiger partial charge in [-0.2, -0.15) is 0 Å². The van der Waals surface area contributed by atoms with Crippen LogP contribution in [-0.2, 0) is 6.42 Å². The summed E-state index contributed by atoms with van der Waals surface area (Å²) in [5, 5.41) is 3.45. The number of hydrogen-bond acceptors (Lipinski definition) is 2. The lowest BCUT2D eigenvalue weighted by molar-refractivity contribution is 0.161. The van der Waals surface area contributed by atoms with Gasteiger partial charge in [-0.25, -0.2) is 8.78 Å². The second-order valence-corrected chi connectivity index (χ2v) is 7.80. The van der Waals surface area contributed by atoms with Gasteiger partial charge < -0.3 is 10.1 Å². The van der Waals surface area contributed by atoms with E-state index in [1.165, 1.54) is 17.2 Å². The molecule has 0 bridgehead atoms. The number of nitrogens with one attached hydrogen (secondary N) is 1. The van der Waals surface area contributed by atoms with Crippen molar-refractivity contribution in [3.8, 4) is 16.9 Å². The highest BCUT2D eigenvalue weighted by Crippen LogP contribution is 2.52. The van der Waals surface area contributed by atoms with Gasteiger partial charge in [0, 0.05) is 11.5 Å². The Bertz CT molecular complexity index is 911. The second kappa shape index (κ2) is 6.75. The van der Waals surface area contributed by atoms with Gasteiger partial charge in [-0.15, -0.1) is 0 Å². The molecule has 140 valence electrons. The molecule has 1 fully saturated rings. The molecule has 2 aromatic rings.